The highest BCUT2D eigenvalue weighted by Crippen LogP contribution is 2.39. The van der Waals surface area contributed by atoms with Crippen LogP contribution in [-0.2, 0) is 19.2 Å². The van der Waals surface area contributed by atoms with E-state index in [0.717, 1.165) is 4.90 Å². The van der Waals surface area contributed by atoms with Crippen molar-refractivity contribution < 1.29 is 33.4 Å². The first kappa shape index (κ1) is 19.5. The first-order valence-corrected chi connectivity index (χ1v) is 8.99. The summed E-state index contributed by atoms with van der Waals surface area (Å²) < 4.78 is 15.6. The van der Waals surface area contributed by atoms with Crippen molar-refractivity contribution in [2.45, 2.75) is 13.0 Å². The Morgan fingerprint density at radius 3 is 2.37 bits per heavy atom. The highest BCUT2D eigenvalue weighted by Gasteiger charge is 2.51. The van der Waals surface area contributed by atoms with E-state index in [1.54, 1.807) is 18.2 Å². The smallest absolute Gasteiger partial charge is 0.308 e. The molecule has 9 nitrogen and oxygen atoms in total. The van der Waals surface area contributed by atoms with Gasteiger partial charge in [-0.15, -0.1) is 0 Å². The van der Waals surface area contributed by atoms with E-state index in [0.29, 0.717) is 34.2 Å². The van der Waals surface area contributed by atoms with Crippen molar-refractivity contribution in [2.24, 2.45) is 0 Å². The van der Waals surface area contributed by atoms with E-state index in [1.165, 1.54) is 45.4 Å². The Balaban J connectivity index is 1.73. The number of benzene rings is 2. The third-order valence-electron chi connectivity index (χ3n) is 4.72. The number of hydrogen-bond donors (Lipinski definition) is 1. The molecule has 2 aliphatic heterocycles. The first-order valence-electron chi connectivity index (χ1n) is 8.99. The van der Waals surface area contributed by atoms with Gasteiger partial charge in [-0.3, -0.25) is 24.7 Å². The maximum absolute atomic E-state index is 13.2. The molecule has 2 aromatic carbocycles. The lowest BCUT2D eigenvalue weighted by molar-refractivity contribution is -0.132. The van der Waals surface area contributed by atoms with Crippen LogP contribution < -0.4 is 24.6 Å². The van der Waals surface area contributed by atoms with Crippen molar-refractivity contribution >= 4 is 29.2 Å². The molecule has 2 aliphatic rings. The zero-order valence-electron chi connectivity index (χ0n) is 16.4. The van der Waals surface area contributed by atoms with Crippen LogP contribution in [0.15, 0.2) is 48.0 Å². The molecule has 4 rings (SSSR count). The maximum atomic E-state index is 13.2. The Labute approximate surface area is 171 Å². The number of fused-ring (bicyclic) bond motifs is 1. The molecular weight excluding hydrogens is 392 g/mol. The second kappa shape index (κ2) is 7.53. The Hall–Kier alpha value is -3.85. The minimum absolute atomic E-state index is 0.176. The molecule has 1 N–H and O–H groups in total. The number of carbonyl (C=O) groups excluding carboxylic acids is 3. The van der Waals surface area contributed by atoms with E-state index >= 15 is 0 Å². The standard InChI is InChI=1S/C21H18N2O7/c1-11(24)29-13-6-4-12(5-7-13)23-20(25)17-18(22-30-19(17)21(23)26)15-10-14(27-2)8-9-16(15)28-3/h4-10,19,22H,1-3H3/t19-/m0/s1. The summed E-state index contributed by atoms with van der Waals surface area (Å²) in [7, 11) is 3.03. The van der Waals surface area contributed by atoms with Crippen LogP contribution in [0.2, 0.25) is 0 Å². The summed E-state index contributed by atoms with van der Waals surface area (Å²) in [6.07, 6.45) is -1.09. The van der Waals surface area contributed by atoms with Crippen LogP contribution in [0.5, 0.6) is 17.2 Å². The second-order valence-electron chi connectivity index (χ2n) is 6.52. The molecule has 0 bridgehead atoms. The van der Waals surface area contributed by atoms with Gasteiger partial charge in [0.15, 0.2) is 6.10 Å². The molecule has 1 atom stereocenters. The summed E-state index contributed by atoms with van der Waals surface area (Å²) in [6.45, 7) is 1.29. The molecule has 2 aromatic rings. The van der Waals surface area contributed by atoms with Crippen molar-refractivity contribution in [3.63, 3.8) is 0 Å². The lowest BCUT2D eigenvalue weighted by Gasteiger charge is -2.17. The second-order valence-corrected chi connectivity index (χ2v) is 6.52. The first-order chi connectivity index (χ1) is 14.4. The summed E-state index contributed by atoms with van der Waals surface area (Å²) in [5.74, 6) is -0.162. The Kier molecular flexibility index (Phi) is 4.88. The minimum atomic E-state index is -1.09. The van der Waals surface area contributed by atoms with Crippen LogP contribution in [0.3, 0.4) is 0 Å². The lowest BCUT2D eigenvalue weighted by Crippen LogP contribution is -2.34. The van der Waals surface area contributed by atoms with Crippen molar-refractivity contribution in [1.29, 1.82) is 0 Å². The molecule has 30 heavy (non-hydrogen) atoms. The zero-order chi connectivity index (χ0) is 21.4. The molecule has 0 saturated carbocycles. The summed E-state index contributed by atoms with van der Waals surface area (Å²) in [6, 6.07) is 11.2. The van der Waals surface area contributed by atoms with Gasteiger partial charge < -0.3 is 14.2 Å². The fourth-order valence-corrected chi connectivity index (χ4v) is 3.38. The predicted octanol–water partition coefficient (Wildman–Crippen LogP) is 1.82. The zero-order valence-corrected chi connectivity index (χ0v) is 16.4. The van der Waals surface area contributed by atoms with Crippen molar-refractivity contribution in [1.82, 2.24) is 5.48 Å². The van der Waals surface area contributed by atoms with Crippen molar-refractivity contribution in [3.05, 3.63) is 53.6 Å². The van der Waals surface area contributed by atoms with Gasteiger partial charge in [-0.2, -0.15) is 0 Å². The van der Waals surface area contributed by atoms with Gasteiger partial charge in [0.05, 0.1) is 31.2 Å². The topological polar surface area (TPSA) is 103 Å². The lowest BCUT2D eigenvalue weighted by atomic mass is 10.0. The quantitative estimate of drug-likeness (QED) is 0.452. The molecule has 2 amide bonds. The van der Waals surface area contributed by atoms with Crippen LogP contribution in [-0.4, -0.2) is 38.1 Å². The molecule has 0 aromatic heterocycles. The number of rotatable bonds is 5. The highest BCUT2D eigenvalue weighted by atomic mass is 16.7. The maximum Gasteiger partial charge on any atom is 0.308 e. The van der Waals surface area contributed by atoms with Crippen molar-refractivity contribution in [2.75, 3.05) is 19.1 Å². The number of ether oxygens (including phenoxy) is 3. The number of methoxy groups -OCH3 is 2. The molecule has 154 valence electrons. The molecule has 2 heterocycles. The molecule has 0 aliphatic carbocycles. The number of hydrogen-bond acceptors (Lipinski definition) is 8. The SMILES string of the molecule is COc1ccc(OC)c(C2=C3C(=O)N(c4ccc(OC(C)=O)cc4)C(=O)[C@H]3ON2)c1. The van der Waals surface area contributed by atoms with Crippen molar-refractivity contribution in [3.8, 4) is 17.2 Å². The number of nitrogens with zero attached hydrogens (tertiary/aromatic N) is 1. The molecule has 1 fully saturated rings. The van der Waals surface area contributed by atoms with Gasteiger partial charge in [0, 0.05) is 12.5 Å². The Morgan fingerprint density at radius 2 is 1.73 bits per heavy atom. The van der Waals surface area contributed by atoms with Crippen LogP contribution in [0.1, 0.15) is 12.5 Å². The number of esters is 1. The molecule has 9 heteroatoms. The van der Waals surface area contributed by atoms with Crippen LogP contribution >= 0.6 is 0 Å². The number of anilines is 1. The normalized spacial score (nSPS) is 17.7. The average Bonchev–Trinajstić information content (AvgIpc) is 3.28. The van der Waals surface area contributed by atoms with E-state index in [1.807, 2.05) is 0 Å². The van der Waals surface area contributed by atoms with Gasteiger partial charge in [-0.05, 0) is 42.5 Å². The Morgan fingerprint density at radius 1 is 1.03 bits per heavy atom. The van der Waals surface area contributed by atoms with E-state index in [2.05, 4.69) is 5.48 Å². The largest absolute Gasteiger partial charge is 0.497 e. The van der Waals surface area contributed by atoms with E-state index in [-0.39, 0.29) is 5.57 Å². The molecule has 0 radical (unpaired) electrons. The van der Waals surface area contributed by atoms with Gasteiger partial charge in [-0.1, -0.05) is 0 Å². The number of hydroxylamine groups is 1. The van der Waals surface area contributed by atoms with Gasteiger partial charge >= 0.3 is 5.97 Å². The predicted molar refractivity (Wildman–Crippen MR) is 105 cm³/mol. The Bertz CT molecular complexity index is 1080. The fourth-order valence-electron chi connectivity index (χ4n) is 3.38. The monoisotopic (exact) mass is 410 g/mol. The van der Waals surface area contributed by atoms with Gasteiger partial charge in [-0.25, -0.2) is 4.90 Å². The van der Waals surface area contributed by atoms with Crippen LogP contribution in [0.25, 0.3) is 5.70 Å². The molecular formula is C21H18N2O7. The summed E-state index contributed by atoms with van der Waals surface area (Å²) in [4.78, 5) is 43.6. The minimum Gasteiger partial charge on any atom is -0.497 e. The molecule has 0 unspecified atom stereocenters. The third kappa shape index (κ3) is 3.15. The van der Waals surface area contributed by atoms with Gasteiger partial charge in [0.1, 0.15) is 17.2 Å². The number of nitrogens with one attached hydrogen (secondary N) is 1. The number of imide groups is 1. The van der Waals surface area contributed by atoms with E-state index in [4.69, 9.17) is 19.0 Å². The average molecular weight is 410 g/mol. The summed E-state index contributed by atoms with van der Waals surface area (Å²) in [5.41, 5.74) is 4.07. The van der Waals surface area contributed by atoms with Gasteiger partial charge in [0.25, 0.3) is 11.8 Å². The van der Waals surface area contributed by atoms with E-state index in [9.17, 15) is 14.4 Å². The summed E-state index contributed by atoms with van der Waals surface area (Å²) >= 11 is 0. The molecule has 1 saturated heterocycles. The van der Waals surface area contributed by atoms with Crippen LogP contribution in [0.4, 0.5) is 5.69 Å². The number of carbonyl (C=O) groups is 3. The molecule has 0 spiro atoms. The van der Waals surface area contributed by atoms with Crippen LogP contribution in [0, 0.1) is 0 Å². The highest BCUT2D eigenvalue weighted by molar-refractivity contribution is 6.33. The van der Waals surface area contributed by atoms with E-state index < -0.39 is 23.9 Å². The summed E-state index contributed by atoms with van der Waals surface area (Å²) in [5, 5.41) is 0. The number of amides is 2. The van der Waals surface area contributed by atoms with Gasteiger partial charge in [0.2, 0.25) is 0 Å². The third-order valence-corrected chi connectivity index (χ3v) is 4.72. The fraction of sp³-hybridized carbons (Fsp3) is 0.190.